The van der Waals surface area contributed by atoms with Crippen LogP contribution in [-0.2, 0) is 11.3 Å². The molecule has 2 aromatic carbocycles. The summed E-state index contributed by atoms with van der Waals surface area (Å²) in [6.45, 7) is 3.81. The highest BCUT2D eigenvalue weighted by molar-refractivity contribution is 6.11. The average Bonchev–Trinajstić information content (AvgIpc) is 2.65. The van der Waals surface area contributed by atoms with E-state index in [1.54, 1.807) is 48.5 Å². The van der Waals surface area contributed by atoms with E-state index in [-0.39, 0.29) is 17.2 Å². The molecule has 0 radical (unpaired) electrons. The van der Waals surface area contributed by atoms with Gasteiger partial charge in [-0.25, -0.2) is 4.68 Å². The molecule has 0 atom stereocenters. The molecule has 0 bridgehead atoms. The Labute approximate surface area is 156 Å². The number of rotatable bonds is 5. The van der Waals surface area contributed by atoms with Crippen LogP contribution in [-0.4, -0.2) is 21.6 Å². The van der Waals surface area contributed by atoms with Crippen molar-refractivity contribution in [3.63, 3.8) is 0 Å². The van der Waals surface area contributed by atoms with Crippen LogP contribution < -0.4 is 16.2 Å². The lowest BCUT2D eigenvalue weighted by Gasteiger charge is -2.11. The molecule has 3 rings (SSSR count). The summed E-state index contributed by atoms with van der Waals surface area (Å²) in [5.41, 5.74) is 1.20. The van der Waals surface area contributed by atoms with Crippen molar-refractivity contribution >= 4 is 34.0 Å². The molecule has 0 aliphatic rings. The first-order valence-corrected chi connectivity index (χ1v) is 8.68. The molecule has 2 amide bonds. The normalized spacial score (nSPS) is 10.6. The maximum absolute atomic E-state index is 12.8. The Morgan fingerprint density at radius 3 is 2.15 bits per heavy atom. The zero-order chi connectivity index (χ0) is 19.4. The number of carbonyl (C=O) groups is 2. The number of hydrogen-bond donors (Lipinski definition) is 2. The van der Waals surface area contributed by atoms with E-state index in [1.165, 1.54) is 11.6 Å². The van der Waals surface area contributed by atoms with Crippen LogP contribution in [0.3, 0.4) is 0 Å². The van der Waals surface area contributed by atoms with Gasteiger partial charge in [0.2, 0.25) is 5.91 Å². The third-order valence-corrected chi connectivity index (χ3v) is 3.98. The van der Waals surface area contributed by atoms with Gasteiger partial charge in [-0.1, -0.05) is 25.1 Å². The third-order valence-electron chi connectivity index (χ3n) is 3.98. The predicted octanol–water partition coefficient (Wildman–Crippen LogP) is 3.02. The molecular weight excluding hydrogens is 344 g/mol. The van der Waals surface area contributed by atoms with Crippen molar-refractivity contribution in [2.24, 2.45) is 0 Å². The van der Waals surface area contributed by atoms with E-state index in [0.717, 1.165) is 6.42 Å². The minimum Gasteiger partial charge on any atom is -0.326 e. The maximum Gasteiger partial charge on any atom is 0.276 e. The molecule has 138 valence electrons. The SMILES string of the molecule is CCCn1nc(C(=O)Nc2ccc(NC(C)=O)cc2)c2ccccc2c1=O. The van der Waals surface area contributed by atoms with Crippen molar-refractivity contribution in [3.05, 3.63) is 64.6 Å². The summed E-state index contributed by atoms with van der Waals surface area (Å²) in [5, 5.41) is 10.7. The molecule has 0 aliphatic heterocycles. The molecule has 0 saturated heterocycles. The lowest BCUT2D eigenvalue weighted by atomic mass is 10.1. The Morgan fingerprint density at radius 1 is 0.963 bits per heavy atom. The first-order chi connectivity index (χ1) is 13.0. The summed E-state index contributed by atoms with van der Waals surface area (Å²) >= 11 is 0. The average molecular weight is 364 g/mol. The molecular formula is C20H20N4O3. The van der Waals surface area contributed by atoms with E-state index < -0.39 is 5.91 Å². The Morgan fingerprint density at radius 2 is 1.56 bits per heavy atom. The van der Waals surface area contributed by atoms with Crippen molar-refractivity contribution in [2.45, 2.75) is 26.8 Å². The second-order valence-electron chi connectivity index (χ2n) is 6.14. The number of fused-ring (bicyclic) bond motifs is 1. The highest BCUT2D eigenvalue weighted by Gasteiger charge is 2.16. The van der Waals surface area contributed by atoms with Gasteiger partial charge in [0.05, 0.1) is 5.39 Å². The molecule has 0 unspecified atom stereocenters. The van der Waals surface area contributed by atoms with E-state index in [4.69, 9.17) is 0 Å². The minimum atomic E-state index is -0.400. The standard InChI is InChI=1S/C20H20N4O3/c1-3-12-24-20(27)17-7-5-4-6-16(17)18(23-24)19(26)22-15-10-8-14(9-11-15)21-13(2)25/h4-11H,3,12H2,1-2H3,(H,21,25)(H,22,26). The van der Waals surface area contributed by atoms with Gasteiger partial charge >= 0.3 is 0 Å². The fourth-order valence-electron chi connectivity index (χ4n) is 2.80. The Hall–Kier alpha value is -3.48. The van der Waals surface area contributed by atoms with Crippen molar-refractivity contribution in [2.75, 3.05) is 10.6 Å². The first kappa shape index (κ1) is 18.3. The van der Waals surface area contributed by atoms with Crippen molar-refractivity contribution in [3.8, 4) is 0 Å². The molecule has 3 aromatic rings. The Bertz CT molecular complexity index is 1060. The van der Waals surface area contributed by atoms with Crippen LogP contribution in [0.25, 0.3) is 10.8 Å². The molecule has 1 heterocycles. The van der Waals surface area contributed by atoms with Gasteiger partial charge < -0.3 is 10.6 Å². The lowest BCUT2D eigenvalue weighted by Crippen LogP contribution is -2.27. The topological polar surface area (TPSA) is 93.1 Å². The highest BCUT2D eigenvalue weighted by Crippen LogP contribution is 2.17. The second-order valence-corrected chi connectivity index (χ2v) is 6.14. The summed E-state index contributed by atoms with van der Waals surface area (Å²) in [6, 6.07) is 13.7. The summed E-state index contributed by atoms with van der Waals surface area (Å²) in [4.78, 5) is 36.4. The van der Waals surface area contributed by atoms with Crippen LogP contribution >= 0.6 is 0 Å². The molecule has 0 saturated carbocycles. The van der Waals surface area contributed by atoms with E-state index >= 15 is 0 Å². The van der Waals surface area contributed by atoms with E-state index in [1.807, 2.05) is 6.92 Å². The summed E-state index contributed by atoms with van der Waals surface area (Å²) in [5.74, 6) is -0.566. The number of benzene rings is 2. The number of anilines is 2. The van der Waals surface area contributed by atoms with E-state index in [2.05, 4.69) is 15.7 Å². The van der Waals surface area contributed by atoms with Gasteiger partial charge in [-0.05, 0) is 36.8 Å². The molecule has 0 fully saturated rings. The number of aryl methyl sites for hydroxylation is 1. The van der Waals surface area contributed by atoms with Crippen LogP contribution in [0.5, 0.6) is 0 Å². The van der Waals surface area contributed by atoms with Gasteiger partial charge in [-0.3, -0.25) is 14.4 Å². The number of amides is 2. The van der Waals surface area contributed by atoms with Gasteiger partial charge in [0.15, 0.2) is 5.69 Å². The Kier molecular flexibility index (Phi) is 5.30. The van der Waals surface area contributed by atoms with Crippen LogP contribution in [0.1, 0.15) is 30.8 Å². The zero-order valence-corrected chi connectivity index (χ0v) is 15.2. The molecule has 27 heavy (non-hydrogen) atoms. The van der Waals surface area contributed by atoms with Crippen molar-refractivity contribution in [1.82, 2.24) is 9.78 Å². The minimum absolute atomic E-state index is 0.166. The van der Waals surface area contributed by atoms with Crippen LogP contribution in [0.15, 0.2) is 53.3 Å². The molecule has 0 aliphatic carbocycles. The second kappa shape index (κ2) is 7.82. The van der Waals surface area contributed by atoms with Crippen molar-refractivity contribution < 1.29 is 9.59 Å². The fourth-order valence-corrected chi connectivity index (χ4v) is 2.80. The number of hydrogen-bond acceptors (Lipinski definition) is 4. The summed E-state index contributed by atoms with van der Waals surface area (Å²) in [6.07, 6.45) is 0.733. The van der Waals surface area contributed by atoms with Gasteiger partial charge in [0.1, 0.15) is 0 Å². The van der Waals surface area contributed by atoms with Gasteiger partial charge in [0.25, 0.3) is 11.5 Å². The molecule has 0 spiro atoms. The van der Waals surface area contributed by atoms with Crippen LogP contribution in [0.2, 0.25) is 0 Å². The summed E-state index contributed by atoms with van der Waals surface area (Å²) < 4.78 is 1.33. The first-order valence-electron chi connectivity index (χ1n) is 8.68. The third kappa shape index (κ3) is 4.03. The molecule has 7 heteroatoms. The number of aromatic nitrogens is 2. The van der Waals surface area contributed by atoms with Gasteiger partial charge in [-0.15, -0.1) is 0 Å². The molecule has 1 aromatic heterocycles. The van der Waals surface area contributed by atoms with Crippen LogP contribution in [0, 0.1) is 0 Å². The lowest BCUT2D eigenvalue weighted by molar-refractivity contribution is -0.114. The largest absolute Gasteiger partial charge is 0.326 e. The van der Waals surface area contributed by atoms with Crippen LogP contribution in [0.4, 0.5) is 11.4 Å². The fraction of sp³-hybridized carbons (Fsp3) is 0.200. The van der Waals surface area contributed by atoms with E-state index in [0.29, 0.717) is 28.7 Å². The van der Waals surface area contributed by atoms with Gasteiger partial charge in [0, 0.05) is 30.2 Å². The molecule has 2 N–H and O–H groups in total. The monoisotopic (exact) mass is 364 g/mol. The van der Waals surface area contributed by atoms with Crippen molar-refractivity contribution in [1.29, 1.82) is 0 Å². The molecule has 7 nitrogen and oxygen atoms in total. The maximum atomic E-state index is 12.8. The van der Waals surface area contributed by atoms with Gasteiger partial charge in [-0.2, -0.15) is 5.10 Å². The highest BCUT2D eigenvalue weighted by atomic mass is 16.2. The predicted molar refractivity (Wildman–Crippen MR) is 105 cm³/mol. The summed E-state index contributed by atoms with van der Waals surface area (Å²) in [7, 11) is 0. The van der Waals surface area contributed by atoms with E-state index in [9.17, 15) is 14.4 Å². The number of carbonyl (C=O) groups excluding carboxylic acids is 2. The Balaban J connectivity index is 1.94. The number of nitrogens with one attached hydrogen (secondary N) is 2. The smallest absolute Gasteiger partial charge is 0.276 e. The quantitative estimate of drug-likeness (QED) is 0.728. The zero-order valence-electron chi connectivity index (χ0n) is 15.2. The number of nitrogens with zero attached hydrogens (tertiary/aromatic N) is 2.